The Balaban J connectivity index is 3.10. The number of nitrogens with zero attached hydrogens (tertiary/aromatic N) is 1. The normalized spacial score (nSPS) is 12.8. The maximum absolute atomic E-state index is 11.9. The summed E-state index contributed by atoms with van der Waals surface area (Å²) in [5.41, 5.74) is -0.967. The van der Waals surface area contributed by atoms with E-state index in [0.717, 1.165) is 6.20 Å². The molecule has 0 fully saturated rings. The molecule has 1 aromatic heterocycles. The Labute approximate surface area is 110 Å². The molecule has 1 aromatic rings. The van der Waals surface area contributed by atoms with E-state index in [1.54, 1.807) is 13.8 Å². The van der Waals surface area contributed by atoms with Crippen molar-refractivity contribution in [2.45, 2.75) is 24.3 Å². The summed E-state index contributed by atoms with van der Waals surface area (Å²) in [6.07, 6.45) is 1.10. The molecule has 2 N–H and O–H groups in total. The fourth-order valence-corrected chi connectivity index (χ4v) is 2.71. The van der Waals surface area contributed by atoms with E-state index in [1.807, 2.05) is 0 Å². The number of rotatable bonds is 4. The van der Waals surface area contributed by atoms with Gasteiger partial charge in [0, 0.05) is 6.20 Å². The standard InChI is InChI=1S/C9H12Cl2N2O3S/c1-9(2,5-14)13-17(15,16)6-3-7(10)8(11)12-4-6/h3-4,13-14H,5H2,1-2H3. The molecule has 0 unspecified atom stereocenters. The van der Waals surface area contributed by atoms with Gasteiger partial charge in [0.1, 0.15) is 10.0 Å². The zero-order chi connectivity index (χ0) is 13.3. The molecule has 96 valence electrons. The van der Waals surface area contributed by atoms with Gasteiger partial charge in [-0.05, 0) is 19.9 Å². The van der Waals surface area contributed by atoms with Crippen LogP contribution >= 0.6 is 23.2 Å². The van der Waals surface area contributed by atoms with Crippen molar-refractivity contribution in [3.8, 4) is 0 Å². The molecule has 0 amide bonds. The molecule has 0 aliphatic heterocycles. The number of aromatic nitrogens is 1. The minimum atomic E-state index is -3.78. The first kappa shape index (κ1) is 14.7. The fraction of sp³-hybridized carbons (Fsp3) is 0.444. The van der Waals surface area contributed by atoms with Gasteiger partial charge in [-0.15, -0.1) is 0 Å². The zero-order valence-electron chi connectivity index (χ0n) is 9.24. The van der Waals surface area contributed by atoms with Crippen molar-refractivity contribution < 1.29 is 13.5 Å². The van der Waals surface area contributed by atoms with Gasteiger partial charge in [0.2, 0.25) is 10.0 Å². The van der Waals surface area contributed by atoms with Gasteiger partial charge in [-0.25, -0.2) is 18.1 Å². The van der Waals surface area contributed by atoms with Gasteiger partial charge < -0.3 is 5.11 Å². The number of aliphatic hydroxyl groups excluding tert-OH is 1. The lowest BCUT2D eigenvalue weighted by Crippen LogP contribution is -2.46. The molecule has 0 radical (unpaired) electrons. The summed E-state index contributed by atoms with van der Waals surface area (Å²) in [5, 5.41) is 9.10. The third kappa shape index (κ3) is 3.79. The summed E-state index contributed by atoms with van der Waals surface area (Å²) in [5.74, 6) is 0. The van der Waals surface area contributed by atoms with Crippen molar-refractivity contribution in [2.24, 2.45) is 0 Å². The highest BCUT2D eigenvalue weighted by atomic mass is 35.5. The van der Waals surface area contributed by atoms with Crippen LogP contribution in [0.5, 0.6) is 0 Å². The Kier molecular flexibility index (Phi) is 4.38. The van der Waals surface area contributed by atoms with Gasteiger partial charge in [-0.3, -0.25) is 0 Å². The van der Waals surface area contributed by atoms with Crippen molar-refractivity contribution in [1.82, 2.24) is 9.71 Å². The first-order chi connectivity index (χ1) is 7.68. The van der Waals surface area contributed by atoms with E-state index in [0.29, 0.717) is 0 Å². The summed E-state index contributed by atoms with van der Waals surface area (Å²) in [6.45, 7) is 2.77. The smallest absolute Gasteiger partial charge is 0.242 e. The van der Waals surface area contributed by atoms with Crippen LogP contribution in [0.1, 0.15) is 13.8 Å². The maximum atomic E-state index is 11.9. The lowest BCUT2D eigenvalue weighted by Gasteiger charge is -2.23. The third-order valence-electron chi connectivity index (χ3n) is 1.89. The van der Waals surface area contributed by atoms with E-state index in [4.69, 9.17) is 28.3 Å². The van der Waals surface area contributed by atoms with Crippen LogP contribution in [0.25, 0.3) is 0 Å². The van der Waals surface area contributed by atoms with E-state index in [9.17, 15) is 8.42 Å². The van der Waals surface area contributed by atoms with Gasteiger partial charge in [0.05, 0.1) is 17.2 Å². The summed E-state index contributed by atoms with van der Waals surface area (Å²) < 4.78 is 26.1. The minimum absolute atomic E-state index is 0.0343. The van der Waals surface area contributed by atoms with E-state index >= 15 is 0 Å². The molecule has 1 heterocycles. The number of pyridine rings is 1. The van der Waals surface area contributed by atoms with Gasteiger partial charge in [-0.1, -0.05) is 23.2 Å². The molecule has 0 spiro atoms. The van der Waals surface area contributed by atoms with Gasteiger partial charge in [-0.2, -0.15) is 0 Å². The van der Waals surface area contributed by atoms with Crippen LogP contribution in [-0.2, 0) is 10.0 Å². The quantitative estimate of drug-likeness (QED) is 0.825. The van der Waals surface area contributed by atoms with Crippen molar-refractivity contribution in [3.05, 3.63) is 22.4 Å². The predicted octanol–water partition coefficient (Wildman–Crippen LogP) is 1.44. The second kappa shape index (κ2) is 5.07. The number of hydrogen-bond acceptors (Lipinski definition) is 4. The number of nitrogens with one attached hydrogen (secondary N) is 1. The third-order valence-corrected chi connectivity index (χ3v) is 4.24. The van der Waals surface area contributed by atoms with Crippen LogP contribution in [0.15, 0.2) is 17.2 Å². The molecule has 0 saturated carbocycles. The second-order valence-electron chi connectivity index (χ2n) is 4.09. The highest BCUT2D eigenvalue weighted by Gasteiger charge is 2.26. The van der Waals surface area contributed by atoms with Crippen LogP contribution in [0.2, 0.25) is 10.2 Å². The summed E-state index contributed by atoms with van der Waals surface area (Å²) in [6, 6.07) is 1.20. The minimum Gasteiger partial charge on any atom is -0.394 e. The molecule has 17 heavy (non-hydrogen) atoms. The van der Waals surface area contributed by atoms with Gasteiger partial charge in [0.25, 0.3) is 0 Å². The first-order valence-corrected chi connectivity index (χ1v) is 6.88. The van der Waals surface area contributed by atoms with Gasteiger partial charge in [0.15, 0.2) is 0 Å². The summed E-state index contributed by atoms with van der Waals surface area (Å²) >= 11 is 11.3. The molecule has 0 saturated heterocycles. The van der Waals surface area contributed by atoms with E-state index in [2.05, 4.69) is 9.71 Å². The maximum Gasteiger partial charge on any atom is 0.242 e. The average molecular weight is 299 g/mol. The van der Waals surface area contributed by atoms with Crippen molar-refractivity contribution in [1.29, 1.82) is 0 Å². The molecule has 8 heteroatoms. The zero-order valence-corrected chi connectivity index (χ0v) is 11.6. The summed E-state index contributed by atoms with van der Waals surface area (Å²) in [4.78, 5) is 3.55. The van der Waals surface area contributed by atoms with Crippen LogP contribution in [0.3, 0.4) is 0 Å². The van der Waals surface area contributed by atoms with Crippen molar-refractivity contribution >= 4 is 33.2 Å². The molecule has 5 nitrogen and oxygen atoms in total. The lowest BCUT2D eigenvalue weighted by molar-refractivity contribution is 0.208. The SMILES string of the molecule is CC(C)(CO)NS(=O)(=O)c1cnc(Cl)c(Cl)c1. The molecule has 0 bridgehead atoms. The molecular weight excluding hydrogens is 287 g/mol. The van der Waals surface area contributed by atoms with E-state index in [-0.39, 0.29) is 21.7 Å². The van der Waals surface area contributed by atoms with E-state index < -0.39 is 15.6 Å². The summed E-state index contributed by atoms with van der Waals surface area (Å²) in [7, 11) is -3.78. The molecule has 0 atom stereocenters. The second-order valence-corrected chi connectivity index (χ2v) is 6.54. The average Bonchev–Trinajstić information content (AvgIpc) is 2.20. The fourth-order valence-electron chi connectivity index (χ4n) is 1.01. The highest BCUT2D eigenvalue weighted by Crippen LogP contribution is 2.22. The van der Waals surface area contributed by atoms with Crippen LogP contribution in [0.4, 0.5) is 0 Å². The Morgan fingerprint density at radius 2 is 2.06 bits per heavy atom. The molecule has 1 rings (SSSR count). The van der Waals surface area contributed by atoms with Crippen molar-refractivity contribution in [2.75, 3.05) is 6.61 Å². The Bertz CT molecular complexity index is 517. The van der Waals surface area contributed by atoms with Crippen LogP contribution in [-0.4, -0.2) is 30.7 Å². The number of hydrogen-bond donors (Lipinski definition) is 2. The molecule has 0 aliphatic carbocycles. The number of halogens is 2. The largest absolute Gasteiger partial charge is 0.394 e. The molecule has 0 aromatic carbocycles. The molecule has 0 aliphatic rings. The van der Waals surface area contributed by atoms with Crippen LogP contribution < -0.4 is 4.72 Å². The lowest BCUT2D eigenvalue weighted by atomic mass is 10.1. The molecular formula is C9H12Cl2N2O3S. The van der Waals surface area contributed by atoms with Crippen molar-refractivity contribution in [3.63, 3.8) is 0 Å². The van der Waals surface area contributed by atoms with Crippen LogP contribution in [0, 0.1) is 0 Å². The monoisotopic (exact) mass is 298 g/mol. The Morgan fingerprint density at radius 3 is 2.53 bits per heavy atom. The number of sulfonamides is 1. The Hall–Kier alpha value is -0.400. The predicted molar refractivity (Wildman–Crippen MR) is 65.7 cm³/mol. The topological polar surface area (TPSA) is 79.3 Å². The first-order valence-electron chi connectivity index (χ1n) is 4.64. The van der Waals surface area contributed by atoms with E-state index in [1.165, 1.54) is 6.07 Å². The highest BCUT2D eigenvalue weighted by molar-refractivity contribution is 7.89. The van der Waals surface area contributed by atoms with Gasteiger partial charge >= 0.3 is 0 Å². The number of aliphatic hydroxyl groups is 1. The Morgan fingerprint density at radius 1 is 1.47 bits per heavy atom.